The Kier molecular flexibility index (Phi) is 7.14. The van der Waals surface area contributed by atoms with Crippen LogP contribution in [0, 0.1) is 11.3 Å². The minimum Gasteiger partial charge on any atom is -0.357 e. The molecule has 0 spiro atoms. The molecule has 3 rings (SSSR count). The fourth-order valence-electron chi connectivity index (χ4n) is 4.16. The van der Waals surface area contributed by atoms with Gasteiger partial charge in [-0.05, 0) is 37.3 Å². The van der Waals surface area contributed by atoms with Crippen molar-refractivity contribution in [2.45, 2.75) is 65.8 Å². The number of pyridine rings is 1. The molecule has 29 heavy (non-hydrogen) atoms. The maximum Gasteiger partial charge on any atom is 0.227 e. The SMILES string of the molecule is CC(C)(C)C(=O)N1CCC(C(=O)NCc2ccc(N3CCCCCC3)nc2)CC1. The van der Waals surface area contributed by atoms with Gasteiger partial charge in [0.15, 0.2) is 0 Å². The van der Waals surface area contributed by atoms with Crippen LogP contribution >= 0.6 is 0 Å². The van der Waals surface area contributed by atoms with E-state index in [9.17, 15) is 9.59 Å². The third kappa shape index (κ3) is 5.94. The Bertz CT molecular complexity index is 680. The molecular formula is C23H36N4O2. The summed E-state index contributed by atoms with van der Waals surface area (Å²) < 4.78 is 0. The molecule has 0 radical (unpaired) electrons. The highest BCUT2D eigenvalue weighted by molar-refractivity contribution is 5.82. The minimum atomic E-state index is -0.360. The molecule has 0 saturated carbocycles. The van der Waals surface area contributed by atoms with Crippen molar-refractivity contribution in [1.82, 2.24) is 15.2 Å². The smallest absolute Gasteiger partial charge is 0.227 e. The van der Waals surface area contributed by atoms with E-state index in [1.165, 1.54) is 25.7 Å². The lowest BCUT2D eigenvalue weighted by atomic mass is 9.90. The summed E-state index contributed by atoms with van der Waals surface area (Å²) in [4.78, 5) is 33.8. The molecule has 2 fully saturated rings. The van der Waals surface area contributed by atoms with E-state index >= 15 is 0 Å². The second-order valence-electron chi connectivity index (χ2n) is 9.46. The highest BCUT2D eigenvalue weighted by atomic mass is 16.2. The average Bonchev–Trinajstić information content (AvgIpc) is 3.01. The second kappa shape index (κ2) is 9.59. The summed E-state index contributed by atoms with van der Waals surface area (Å²) in [6, 6.07) is 4.14. The number of hydrogen-bond donors (Lipinski definition) is 1. The number of carbonyl (C=O) groups excluding carboxylic acids is 2. The number of amides is 2. The zero-order chi connectivity index (χ0) is 20.9. The van der Waals surface area contributed by atoms with E-state index in [4.69, 9.17) is 0 Å². The topological polar surface area (TPSA) is 65.5 Å². The molecule has 6 nitrogen and oxygen atoms in total. The van der Waals surface area contributed by atoms with Gasteiger partial charge in [-0.25, -0.2) is 4.98 Å². The third-order valence-corrected chi connectivity index (χ3v) is 6.00. The molecule has 2 amide bonds. The number of anilines is 1. The highest BCUT2D eigenvalue weighted by Crippen LogP contribution is 2.24. The Morgan fingerprint density at radius 2 is 1.69 bits per heavy atom. The van der Waals surface area contributed by atoms with Crippen LogP contribution in [-0.4, -0.2) is 47.9 Å². The Morgan fingerprint density at radius 1 is 1.03 bits per heavy atom. The van der Waals surface area contributed by atoms with E-state index in [1.807, 2.05) is 31.9 Å². The molecule has 1 aromatic heterocycles. The number of piperidine rings is 1. The summed E-state index contributed by atoms with van der Waals surface area (Å²) in [6.07, 6.45) is 8.44. The molecule has 160 valence electrons. The summed E-state index contributed by atoms with van der Waals surface area (Å²) in [6.45, 7) is 9.84. The van der Waals surface area contributed by atoms with Gasteiger partial charge in [0.1, 0.15) is 5.82 Å². The van der Waals surface area contributed by atoms with E-state index < -0.39 is 0 Å². The lowest BCUT2D eigenvalue weighted by Gasteiger charge is -2.35. The monoisotopic (exact) mass is 400 g/mol. The van der Waals surface area contributed by atoms with Gasteiger partial charge in [0, 0.05) is 50.3 Å². The van der Waals surface area contributed by atoms with Crippen LogP contribution in [0.4, 0.5) is 5.82 Å². The fraction of sp³-hybridized carbons (Fsp3) is 0.696. The zero-order valence-corrected chi connectivity index (χ0v) is 18.2. The lowest BCUT2D eigenvalue weighted by Crippen LogP contribution is -2.46. The van der Waals surface area contributed by atoms with Crippen molar-refractivity contribution in [3.63, 3.8) is 0 Å². The van der Waals surface area contributed by atoms with Crippen LogP contribution in [0.1, 0.15) is 64.9 Å². The lowest BCUT2D eigenvalue weighted by molar-refractivity contribution is -0.142. The van der Waals surface area contributed by atoms with E-state index in [0.29, 0.717) is 19.6 Å². The molecule has 0 atom stereocenters. The van der Waals surface area contributed by atoms with Crippen LogP contribution in [0.3, 0.4) is 0 Å². The first kappa shape index (κ1) is 21.6. The Morgan fingerprint density at radius 3 is 2.24 bits per heavy atom. The number of carbonyl (C=O) groups is 2. The first-order chi connectivity index (χ1) is 13.8. The number of hydrogen-bond acceptors (Lipinski definition) is 4. The normalized spacial score (nSPS) is 19.0. The first-order valence-corrected chi connectivity index (χ1v) is 11.1. The predicted molar refractivity (Wildman–Crippen MR) is 116 cm³/mol. The molecule has 0 aromatic carbocycles. The van der Waals surface area contributed by atoms with Crippen molar-refractivity contribution in [2.75, 3.05) is 31.1 Å². The molecular weight excluding hydrogens is 364 g/mol. The Balaban J connectivity index is 1.44. The molecule has 1 aromatic rings. The van der Waals surface area contributed by atoms with Gasteiger partial charge in [-0.3, -0.25) is 9.59 Å². The standard InChI is InChI=1S/C23H36N4O2/c1-23(2,3)22(29)27-14-10-19(11-15-27)21(28)25-17-18-8-9-20(24-16-18)26-12-6-4-5-7-13-26/h8-9,16,19H,4-7,10-15,17H2,1-3H3,(H,25,28). The zero-order valence-electron chi connectivity index (χ0n) is 18.2. The van der Waals surface area contributed by atoms with Gasteiger partial charge in [0.05, 0.1) is 0 Å². The molecule has 0 aliphatic carbocycles. The Hall–Kier alpha value is -2.11. The number of likely N-dealkylation sites (tertiary alicyclic amines) is 1. The highest BCUT2D eigenvalue weighted by Gasteiger charge is 2.32. The molecule has 0 unspecified atom stereocenters. The molecule has 2 aliphatic heterocycles. The number of nitrogens with one attached hydrogen (secondary N) is 1. The molecule has 2 saturated heterocycles. The number of nitrogens with zero attached hydrogens (tertiary/aromatic N) is 3. The Labute approximate surface area is 175 Å². The van der Waals surface area contributed by atoms with Crippen molar-refractivity contribution in [1.29, 1.82) is 0 Å². The van der Waals surface area contributed by atoms with Crippen molar-refractivity contribution in [3.8, 4) is 0 Å². The van der Waals surface area contributed by atoms with E-state index in [1.54, 1.807) is 0 Å². The van der Waals surface area contributed by atoms with E-state index in [2.05, 4.69) is 27.3 Å². The fourth-order valence-corrected chi connectivity index (χ4v) is 4.16. The van der Waals surface area contributed by atoms with Crippen molar-refractivity contribution in [3.05, 3.63) is 23.9 Å². The maximum atomic E-state index is 12.6. The van der Waals surface area contributed by atoms with Crippen molar-refractivity contribution >= 4 is 17.6 Å². The molecule has 1 N–H and O–H groups in total. The molecule has 2 aliphatic rings. The van der Waals surface area contributed by atoms with Crippen LogP contribution in [0.15, 0.2) is 18.3 Å². The van der Waals surface area contributed by atoms with Gasteiger partial charge in [-0.15, -0.1) is 0 Å². The quantitative estimate of drug-likeness (QED) is 0.842. The van der Waals surface area contributed by atoms with Crippen molar-refractivity contribution < 1.29 is 9.59 Å². The van der Waals surface area contributed by atoms with Crippen LogP contribution in [0.2, 0.25) is 0 Å². The summed E-state index contributed by atoms with van der Waals surface area (Å²) in [5, 5.41) is 3.06. The van der Waals surface area contributed by atoms with Gasteiger partial charge in [0.25, 0.3) is 0 Å². The summed E-state index contributed by atoms with van der Waals surface area (Å²) >= 11 is 0. The van der Waals surface area contributed by atoms with Crippen LogP contribution in [-0.2, 0) is 16.1 Å². The summed E-state index contributed by atoms with van der Waals surface area (Å²) in [7, 11) is 0. The van der Waals surface area contributed by atoms with Gasteiger partial charge >= 0.3 is 0 Å². The van der Waals surface area contributed by atoms with Gasteiger partial charge < -0.3 is 15.1 Å². The van der Waals surface area contributed by atoms with Crippen LogP contribution < -0.4 is 10.2 Å². The minimum absolute atomic E-state index is 0.0108. The molecule has 3 heterocycles. The molecule has 6 heteroatoms. The van der Waals surface area contributed by atoms with Crippen molar-refractivity contribution in [2.24, 2.45) is 11.3 Å². The number of aromatic nitrogens is 1. The summed E-state index contributed by atoms with van der Waals surface area (Å²) in [5.41, 5.74) is 0.666. The van der Waals surface area contributed by atoms with Crippen LogP contribution in [0.5, 0.6) is 0 Å². The third-order valence-electron chi connectivity index (χ3n) is 6.00. The van der Waals surface area contributed by atoms with Gasteiger partial charge in [-0.1, -0.05) is 39.7 Å². The van der Waals surface area contributed by atoms with E-state index in [-0.39, 0.29) is 23.1 Å². The predicted octanol–water partition coefficient (Wildman–Crippen LogP) is 3.36. The van der Waals surface area contributed by atoms with Gasteiger partial charge in [-0.2, -0.15) is 0 Å². The van der Waals surface area contributed by atoms with Crippen LogP contribution in [0.25, 0.3) is 0 Å². The van der Waals surface area contributed by atoms with E-state index in [0.717, 1.165) is 37.3 Å². The summed E-state index contributed by atoms with van der Waals surface area (Å²) in [5.74, 6) is 1.29. The second-order valence-corrected chi connectivity index (χ2v) is 9.46. The largest absolute Gasteiger partial charge is 0.357 e. The number of rotatable bonds is 4. The molecule has 0 bridgehead atoms. The average molecular weight is 401 g/mol. The maximum absolute atomic E-state index is 12.6. The van der Waals surface area contributed by atoms with Gasteiger partial charge in [0.2, 0.25) is 11.8 Å². The first-order valence-electron chi connectivity index (χ1n) is 11.1.